The zero-order valence-corrected chi connectivity index (χ0v) is 17.2. The van der Waals surface area contributed by atoms with Gasteiger partial charge in [0.1, 0.15) is 17.7 Å². The van der Waals surface area contributed by atoms with Gasteiger partial charge >= 0.3 is 0 Å². The fourth-order valence-corrected chi connectivity index (χ4v) is 4.14. The van der Waals surface area contributed by atoms with Crippen LogP contribution in [0.2, 0.25) is 0 Å². The maximum absolute atomic E-state index is 13.4. The molecule has 0 radical (unpaired) electrons. The molecule has 4 aromatic rings. The molecule has 5 rings (SSSR count). The van der Waals surface area contributed by atoms with Crippen molar-refractivity contribution >= 4 is 11.6 Å². The fraction of sp³-hybridized carbons (Fsp3) is 0.167. The van der Waals surface area contributed by atoms with Gasteiger partial charge in [0.2, 0.25) is 0 Å². The Morgan fingerprint density at radius 3 is 2.58 bits per heavy atom. The minimum absolute atomic E-state index is 0.0796. The normalized spacial score (nSPS) is 15.6. The van der Waals surface area contributed by atoms with Gasteiger partial charge < -0.3 is 14.6 Å². The maximum atomic E-state index is 13.4. The summed E-state index contributed by atoms with van der Waals surface area (Å²) in [5, 5.41) is 8.20. The summed E-state index contributed by atoms with van der Waals surface area (Å²) < 4.78 is 20.7. The van der Waals surface area contributed by atoms with Crippen molar-refractivity contribution in [3.8, 4) is 5.69 Å². The van der Waals surface area contributed by atoms with E-state index in [-0.39, 0.29) is 11.7 Å². The van der Waals surface area contributed by atoms with Gasteiger partial charge in [0.25, 0.3) is 5.91 Å². The van der Waals surface area contributed by atoms with Crippen LogP contribution < -0.4 is 5.32 Å². The third-order valence-electron chi connectivity index (χ3n) is 5.62. The lowest BCUT2D eigenvalue weighted by atomic mass is 10.0. The van der Waals surface area contributed by atoms with E-state index in [0.29, 0.717) is 17.9 Å². The molecule has 0 saturated carbocycles. The third kappa shape index (κ3) is 3.28. The minimum Gasteiger partial charge on any atom is -0.467 e. The molecule has 31 heavy (non-hydrogen) atoms. The van der Waals surface area contributed by atoms with Crippen molar-refractivity contribution in [3.05, 3.63) is 101 Å². The van der Waals surface area contributed by atoms with Crippen LogP contribution in [-0.2, 0) is 6.54 Å². The van der Waals surface area contributed by atoms with Crippen molar-refractivity contribution in [2.45, 2.75) is 26.6 Å². The van der Waals surface area contributed by atoms with Gasteiger partial charge in [0, 0.05) is 16.9 Å². The molecule has 0 unspecified atom stereocenters. The summed E-state index contributed by atoms with van der Waals surface area (Å²) in [4.78, 5) is 15.2. The first-order chi connectivity index (χ1) is 15.0. The molecule has 156 valence electrons. The van der Waals surface area contributed by atoms with Gasteiger partial charge in [-0.05, 0) is 62.4 Å². The van der Waals surface area contributed by atoms with Crippen molar-refractivity contribution < 1.29 is 13.6 Å². The highest BCUT2D eigenvalue weighted by Crippen LogP contribution is 2.37. The summed E-state index contributed by atoms with van der Waals surface area (Å²) in [6, 6.07) is 17.3. The van der Waals surface area contributed by atoms with Crippen molar-refractivity contribution in [2.24, 2.45) is 0 Å². The first-order valence-corrected chi connectivity index (χ1v) is 10.0. The Hall–Kier alpha value is -3.87. The summed E-state index contributed by atoms with van der Waals surface area (Å²) >= 11 is 0. The summed E-state index contributed by atoms with van der Waals surface area (Å²) in [5.41, 5.74) is 4.72. The molecule has 1 amide bonds. The zero-order chi connectivity index (χ0) is 21.5. The van der Waals surface area contributed by atoms with E-state index in [4.69, 9.17) is 9.52 Å². The highest BCUT2D eigenvalue weighted by molar-refractivity contribution is 6.01. The van der Waals surface area contributed by atoms with Crippen LogP contribution in [0.25, 0.3) is 5.69 Å². The average molecular weight is 416 g/mol. The van der Waals surface area contributed by atoms with Crippen LogP contribution in [0.3, 0.4) is 0 Å². The second-order valence-electron chi connectivity index (χ2n) is 7.58. The molecular formula is C24H21FN4O2. The average Bonchev–Trinajstić information content (AvgIpc) is 3.38. The largest absolute Gasteiger partial charge is 0.467 e. The highest BCUT2D eigenvalue weighted by atomic mass is 19.1. The van der Waals surface area contributed by atoms with Crippen molar-refractivity contribution in [1.82, 2.24) is 14.7 Å². The number of carbonyl (C=O) groups is 1. The van der Waals surface area contributed by atoms with Gasteiger partial charge in [-0.2, -0.15) is 5.10 Å². The topological polar surface area (TPSA) is 63.3 Å². The predicted molar refractivity (Wildman–Crippen MR) is 114 cm³/mol. The van der Waals surface area contributed by atoms with E-state index in [9.17, 15) is 9.18 Å². The van der Waals surface area contributed by atoms with Gasteiger partial charge in [-0.25, -0.2) is 9.07 Å². The number of hydrogen-bond donors (Lipinski definition) is 1. The van der Waals surface area contributed by atoms with Crippen molar-refractivity contribution in [1.29, 1.82) is 0 Å². The molecule has 3 heterocycles. The summed E-state index contributed by atoms with van der Waals surface area (Å²) in [6.07, 6.45) is 1.17. The molecule has 2 aromatic carbocycles. The summed E-state index contributed by atoms with van der Waals surface area (Å²) in [5.74, 6) is 0.316. The number of nitrogens with one attached hydrogen (secondary N) is 1. The van der Waals surface area contributed by atoms with E-state index < -0.39 is 6.17 Å². The molecule has 1 aliphatic heterocycles. The zero-order valence-electron chi connectivity index (χ0n) is 17.2. The monoisotopic (exact) mass is 416 g/mol. The first-order valence-electron chi connectivity index (χ1n) is 10.0. The Balaban J connectivity index is 1.61. The Morgan fingerprint density at radius 2 is 1.84 bits per heavy atom. The highest BCUT2D eigenvalue weighted by Gasteiger charge is 2.36. The number of nitrogens with zero attached hydrogens (tertiary/aromatic N) is 3. The number of furan rings is 1. The second kappa shape index (κ2) is 7.43. The number of aromatic nitrogens is 2. The Kier molecular flexibility index (Phi) is 4.58. The maximum Gasteiger partial charge on any atom is 0.258 e. The molecule has 0 bridgehead atoms. The van der Waals surface area contributed by atoms with Crippen LogP contribution in [0.15, 0.2) is 71.3 Å². The smallest absolute Gasteiger partial charge is 0.258 e. The van der Waals surface area contributed by atoms with Crippen LogP contribution in [0.4, 0.5) is 10.1 Å². The van der Waals surface area contributed by atoms with Crippen LogP contribution in [0.1, 0.15) is 39.2 Å². The molecule has 7 heteroatoms. The van der Waals surface area contributed by atoms with E-state index in [0.717, 1.165) is 28.3 Å². The quantitative estimate of drug-likeness (QED) is 0.509. The number of fused-ring (bicyclic) bond motifs is 1. The van der Waals surface area contributed by atoms with E-state index in [2.05, 4.69) is 5.32 Å². The number of benzene rings is 2. The number of amides is 1. The minimum atomic E-state index is -0.429. The number of carbonyl (C=O) groups excluding carboxylic acids is 1. The lowest BCUT2D eigenvalue weighted by Gasteiger charge is -2.37. The molecule has 0 spiro atoms. The van der Waals surface area contributed by atoms with E-state index >= 15 is 0 Å². The number of para-hydroxylation sites is 1. The van der Waals surface area contributed by atoms with Crippen LogP contribution in [-0.4, -0.2) is 20.6 Å². The Labute approximate surface area is 178 Å². The Bertz CT molecular complexity index is 1250. The van der Waals surface area contributed by atoms with Gasteiger partial charge in [-0.1, -0.05) is 12.1 Å². The standard InChI is InChI=1S/C24H21FN4O2/c1-15-22(16(2)29(27-15)18-11-9-17(25)10-12-18)23-26-21-8-4-3-7-20(21)24(30)28(23)14-19-6-5-13-31-19/h3-13,23,26H,14H2,1-2H3/t23-/m1/s1. The van der Waals surface area contributed by atoms with Crippen LogP contribution >= 0.6 is 0 Å². The Morgan fingerprint density at radius 1 is 1.06 bits per heavy atom. The van der Waals surface area contributed by atoms with Crippen molar-refractivity contribution in [2.75, 3.05) is 5.32 Å². The number of anilines is 1. The lowest BCUT2D eigenvalue weighted by molar-refractivity contribution is 0.0650. The first kappa shape index (κ1) is 19.1. The molecule has 1 aliphatic rings. The van der Waals surface area contributed by atoms with Gasteiger partial charge in [-0.3, -0.25) is 4.79 Å². The van der Waals surface area contributed by atoms with E-state index in [1.165, 1.54) is 12.1 Å². The third-order valence-corrected chi connectivity index (χ3v) is 5.62. The lowest BCUT2D eigenvalue weighted by Crippen LogP contribution is -2.42. The second-order valence-corrected chi connectivity index (χ2v) is 7.58. The molecule has 0 saturated heterocycles. The molecule has 6 nitrogen and oxygen atoms in total. The van der Waals surface area contributed by atoms with Crippen LogP contribution in [0.5, 0.6) is 0 Å². The molecule has 1 N–H and O–H groups in total. The van der Waals surface area contributed by atoms with E-state index in [1.54, 1.807) is 28.0 Å². The number of aryl methyl sites for hydroxylation is 1. The summed E-state index contributed by atoms with van der Waals surface area (Å²) in [7, 11) is 0. The van der Waals surface area contributed by atoms with Gasteiger partial charge in [-0.15, -0.1) is 0 Å². The number of halogens is 1. The molecule has 2 aromatic heterocycles. The van der Waals surface area contributed by atoms with Crippen molar-refractivity contribution in [3.63, 3.8) is 0 Å². The summed E-state index contributed by atoms with van der Waals surface area (Å²) in [6.45, 7) is 4.19. The molecule has 0 aliphatic carbocycles. The van der Waals surface area contributed by atoms with Gasteiger partial charge in [0.05, 0.1) is 29.8 Å². The molecular weight excluding hydrogens is 395 g/mol. The number of hydrogen-bond acceptors (Lipinski definition) is 4. The van der Waals surface area contributed by atoms with E-state index in [1.807, 2.05) is 50.2 Å². The van der Waals surface area contributed by atoms with Crippen LogP contribution in [0, 0.1) is 19.7 Å². The SMILES string of the molecule is Cc1nn(-c2ccc(F)cc2)c(C)c1[C@@H]1Nc2ccccc2C(=O)N1Cc1ccco1. The van der Waals surface area contributed by atoms with Gasteiger partial charge in [0.15, 0.2) is 0 Å². The fourth-order valence-electron chi connectivity index (χ4n) is 4.14. The predicted octanol–water partition coefficient (Wildman–Crippen LogP) is 4.99. The molecule has 1 atom stereocenters. The number of rotatable bonds is 4. The molecule has 0 fully saturated rings.